The number of ether oxygens (including phenoxy) is 2. The maximum absolute atomic E-state index is 10.8. The third-order valence-corrected chi connectivity index (χ3v) is 2.20. The van der Waals surface area contributed by atoms with Gasteiger partial charge in [-0.2, -0.15) is 0 Å². The maximum Gasteiger partial charge on any atom is 0.330 e. The highest BCUT2D eigenvalue weighted by Crippen LogP contribution is 2.05. The molecule has 0 aromatic rings. The SMILES string of the molecule is C=CC(=O)OCC(CC)COCCCC. The number of hydrogen-bond acceptors (Lipinski definition) is 3. The molecule has 0 spiro atoms. The molecule has 0 aromatic heterocycles. The average Bonchev–Trinajstić information content (AvgIpc) is 2.27. The summed E-state index contributed by atoms with van der Waals surface area (Å²) in [6, 6.07) is 0. The Kier molecular flexibility index (Phi) is 9.18. The monoisotopic (exact) mass is 214 g/mol. The van der Waals surface area contributed by atoms with Crippen LogP contribution in [0.3, 0.4) is 0 Å². The third-order valence-electron chi connectivity index (χ3n) is 2.20. The van der Waals surface area contributed by atoms with Crippen molar-refractivity contribution in [2.45, 2.75) is 33.1 Å². The van der Waals surface area contributed by atoms with Crippen molar-refractivity contribution in [3.8, 4) is 0 Å². The predicted molar refractivity (Wildman–Crippen MR) is 60.7 cm³/mol. The van der Waals surface area contributed by atoms with Gasteiger partial charge < -0.3 is 9.47 Å². The summed E-state index contributed by atoms with van der Waals surface area (Å²) < 4.78 is 10.4. The Morgan fingerprint density at radius 2 is 2.13 bits per heavy atom. The van der Waals surface area contributed by atoms with Gasteiger partial charge in [0.1, 0.15) is 0 Å². The molecule has 1 unspecified atom stereocenters. The molecule has 0 radical (unpaired) electrons. The first-order valence-electron chi connectivity index (χ1n) is 5.61. The normalized spacial score (nSPS) is 12.1. The summed E-state index contributed by atoms with van der Waals surface area (Å²) in [6.45, 7) is 9.43. The number of unbranched alkanes of at least 4 members (excludes halogenated alkanes) is 1. The van der Waals surface area contributed by atoms with Crippen LogP contribution in [0.15, 0.2) is 12.7 Å². The van der Waals surface area contributed by atoms with Gasteiger partial charge in [0.25, 0.3) is 0 Å². The highest BCUT2D eigenvalue weighted by molar-refractivity contribution is 5.81. The van der Waals surface area contributed by atoms with Gasteiger partial charge in [0, 0.05) is 18.6 Å². The molecule has 0 rings (SSSR count). The minimum absolute atomic E-state index is 0.297. The zero-order valence-electron chi connectivity index (χ0n) is 9.83. The van der Waals surface area contributed by atoms with Gasteiger partial charge in [0.15, 0.2) is 0 Å². The van der Waals surface area contributed by atoms with Crippen molar-refractivity contribution in [1.29, 1.82) is 0 Å². The van der Waals surface area contributed by atoms with Crippen LogP contribution in [0.2, 0.25) is 0 Å². The Morgan fingerprint density at radius 3 is 2.67 bits per heavy atom. The molecule has 0 saturated carbocycles. The summed E-state index contributed by atoms with van der Waals surface area (Å²) in [5.41, 5.74) is 0. The third kappa shape index (κ3) is 8.18. The van der Waals surface area contributed by atoms with Crippen LogP contribution in [0.25, 0.3) is 0 Å². The molecule has 0 heterocycles. The van der Waals surface area contributed by atoms with E-state index in [1.165, 1.54) is 6.08 Å². The standard InChI is InChI=1S/C12H22O3/c1-4-7-8-14-9-11(5-2)10-15-12(13)6-3/h6,11H,3-5,7-10H2,1-2H3. The number of carbonyl (C=O) groups is 1. The largest absolute Gasteiger partial charge is 0.462 e. The smallest absolute Gasteiger partial charge is 0.330 e. The first kappa shape index (κ1) is 14.2. The van der Waals surface area contributed by atoms with Crippen LogP contribution in [0, 0.1) is 5.92 Å². The zero-order chi connectivity index (χ0) is 11.5. The quantitative estimate of drug-likeness (QED) is 0.336. The van der Waals surface area contributed by atoms with Crippen LogP contribution >= 0.6 is 0 Å². The van der Waals surface area contributed by atoms with Crippen LogP contribution in [-0.4, -0.2) is 25.8 Å². The lowest BCUT2D eigenvalue weighted by atomic mass is 10.1. The summed E-state index contributed by atoms with van der Waals surface area (Å²) in [4.78, 5) is 10.8. The van der Waals surface area contributed by atoms with E-state index in [0.717, 1.165) is 25.9 Å². The molecule has 3 heteroatoms. The zero-order valence-corrected chi connectivity index (χ0v) is 9.83. The van der Waals surface area contributed by atoms with Crippen molar-refractivity contribution in [1.82, 2.24) is 0 Å². The predicted octanol–water partition coefficient (Wildman–Crippen LogP) is 2.56. The lowest BCUT2D eigenvalue weighted by molar-refractivity contribution is -0.139. The molecule has 0 saturated heterocycles. The topological polar surface area (TPSA) is 35.5 Å². The molecule has 1 atom stereocenters. The molecule has 0 aliphatic heterocycles. The highest BCUT2D eigenvalue weighted by atomic mass is 16.5. The minimum Gasteiger partial charge on any atom is -0.462 e. The fourth-order valence-corrected chi connectivity index (χ4v) is 1.04. The van der Waals surface area contributed by atoms with Crippen molar-refractivity contribution >= 4 is 5.97 Å². The van der Waals surface area contributed by atoms with Crippen molar-refractivity contribution in [2.75, 3.05) is 19.8 Å². The van der Waals surface area contributed by atoms with Crippen LogP contribution in [0.1, 0.15) is 33.1 Å². The molecule has 15 heavy (non-hydrogen) atoms. The van der Waals surface area contributed by atoms with Crippen molar-refractivity contribution in [3.05, 3.63) is 12.7 Å². The van der Waals surface area contributed by atoms with Crippen LogP contribution in [0.4, 0.5) is 0 Å². The molecule has 0 aliphatic rings. The van der Waals surface area contributed by atoms with E-state index in [1.807, 2.05) is 0 Å². The Morgan fingerprint density at radius 1 is 1.40 bits per heavy atom. The maximum atomic E-state index is 10.8. The van der Waals surface area contributed by atoms with Crippen molar-refractivity contribution in [2.24, 2.45) is 5.92 Å². The molecule has 3 nitrogen and oxygen atoms in total. The van der Waals surface area contributed by atoms with E-state index in [9.17, 15) is 4.79 Å². The molecule has 0 fully saturated rings. The Labute approximate surface area is 92.5 Å². The average molecular weight is 214 g/mol. The van der Waals surface area contributed by atoms with Crippen LogP contribution in [0.5, 0.6) is 0 Å². The lowest BCUT2D eigenvalue weighted by Crippen LogP contribution is -2.17. The molecule has 0 N–H and O–H groups in total. The molecule has 0 aromatic carbocycles. The summed E-state index contributed by atoms with van der Waals surface area (Å²) >= 11 is 0. The summed E-state index contributed by atoms with van der Waals surface area (Å²) in [5, 5.41) is 0. The molecule has 0 aliphatic carbocycles. The Bertz CT molecular complexity index is 178. The summed E-state index contributed by atoms with van der Waals surface area (Å²) in [6.07, 6.45) is 4.37. The fourth-order valence-electron chi connectivity index (χ4n) is 1.04. The van der Waals surface area contributed by atoms with E-state index in [4.69, 9.17) is 9.47 Å². The second-order valence-electron chi connectivity index (χ2n) is 3.54. The van der Waals surface area contributed by atoms with Crippen molar-refractivity contribution in [3.63, 3.8) is 0 Å². The molecule has 88 valence electrons. The number of hydrogen-bond donors (Lipinski definition) is 0. The number of esters is 1. The summed E-state index contributed by atoms with van der Waals surface area (Å²) in [7, 11) is 0. The first-order chi connectivity index (χ1) is 7.24. The lowest BCUT2D eigenvalue weighted by Gasteiger charge is -2.14. The molecular formula is C12H22O3. The Hall–Kier alpha value is -0.830. The van der Waals surface area contributed by atoms with E-state index >= 15 is 0 Å². The van der Waals surface area contributed by atoms with Gasteiger partial charge in [-0.05, 0) is 12.8 Å². The van der Waals surface area contributed by atoms with E-state index in [-0.39, 0.29) is 5.97 Å². The van der Waals surface area contributed by atoms with Crippen LogP contribution in [-0.2, 0) is 14.3 Å². The Balaban J connectivity index is 3.54. The highest BCUT2D eigenvalue weighted by Gasteiger charge is 2.08. The van der Waals surface area contributed by atoms with Gasteiger partial charge in [-0.15, -0.1) is 0 Å². The van der Waals surface area contributed by atoms with Gasteiger partial charge in [-0.3, -0.25) is 0 Å². The van der Waals surface area contributed by atoms with E-state index in [2.05, 4.69) is 20.4 Å². The van der Waals surface area contributed by atoms with Gasteiger partial charge >= 0.3 is 5.97 Å². The first-order valence-corrected chi connectivity index (χ1v) is 5.61. The van der Waals surface area contributed by atoms with Gasteiger partial charge in [-0.25, -0.2) is 4.79 Å². The summed E-state index contributed by atoms with van der Waals surface area (Å²) in [5.74, 6) is -0.0623. The van der Waals surface area contributed by atoms with Crippen LogP contribution < -0.4 is 0 Å². The molecule has 0 amide bonds. The number of rotatable bonds is 9. The van der Waals surface area contributed by atoms with E-state index in [1.54, 1.807) is 0 Å². The minimum atomic E-state index is -0.359. The number of carbonyl (C=O) groups excluding carboxylic acids is 1. The van der Waals surface area contributed by atoms with Gasteiger partial charge in [-0.1, -0.05) is 26.8 Å². The van der Waals surface area contributed by atoms with Crippen molar-refractivity contribution < 1.29 is 14.3 Å². The van der Waals surface area contributed by atoms with E-state index < -0.39 is 0 Å². The van der Waals surface area contributed by atoms with Gasteiger partial charge in [0.05, 0.1) is 13.2 Å². The second kappa shape index (κ2) is 9.71. The molecule has 0 bridgehead atoms. The van der Waals surface area contributed by atoms with E-state index in [0.29, 0.717) is 19.1 Å². The van der Waals surface area contributed by atoms with Gasteiger partial charge in [0.2, 0.25) is 0 Å². The second-order valence-corrected chi connectivity index (χ2v) is 3.54. The fraction of sp³-hybridized carbons (Fsp3) is 0.750. The molecular weight excluding hydrogens is 192 g/mol.